The Hall–Kier alpha value is -1.38. The normalized spacial score (nSPS) is 28.9. The summed E-state index contributed by atoms with van der Waals surface area (Å²) in [6.45, 7) is 6.31. The second-order valence-electron chi connectivity index (χ2n) is 7.78. The van der Waals surface area contributed by atoms with Crippen molar-refractivity contribution in [2.75, 3.05) is 0 Å². The Kier molecular flexibility index (Phi) is 3.54. The minimum Gasteiger partial charge on any atom is -0.349 e. The van der Waals surface area contributed by atoms with Crippen LogP contribution in [0.25, 0.3) is 0 Å². The van der Waals surface area contributed by atoms with E-state index in [-0.39, 0.29) is 29.1 Å². The predicted molar refractivity (Wildman–Crippen MR) is 81.1 cm³/mol. The first-order chi connectivity index (χ1) is 9.84. The zero-order valence-electron chi connectivity index (χ0n) is 13.0. The molecule has 0 aliphatic heterocycles. The summed E-state index contributed by atoms with van der Waals surface area (Å²) in [7, 11) is 0. The van der Waals surface area contributed by atoms with Crippen LogP contribution in [0.15, 0.2) is 24.3 Å². The second-order valence-corrected chi connectivity index (χ2v) is 7.78. The molecule has 1 amide bonds. The predicted octanol–water partition coefficient (Wildman–Crippen LogP) is 4.08. The lowest BCUT2D eigenvalue weighted by molar-refractivity contribution is -0.126. The van der Waals surface area contributed by atoms with Gasteiger partial charge in [0.25, 0.3) is 0 Å². The quantitative estimate of drug-likeness (QED) is 0.892. The number of benzene rings is 1. The van der Waals surface area contributed by atoms with Crippen molar-refractivity contribution in [2.45, 2.75) is 46.1 Å². The van der Waals surface area contributed by atoms with Gasteiger partial charge < -0.3 is 5.32 Å². The molecule has 1 N–H and O–H groups in total. The molecule has 3 unspecified atom stereocenters. The molecule has 0 radical (unpaired) electrons. The summed E-state index contributed by atoms with van der Waals surface area (Å²) in [5.41, 5.74) is 0.870. The maximum atomic E-state index is 13.1. The van der Waals surface area contributed by atoms with E-state index >= 15 is 0 Å². The lowest BCUT2D eigenvalue weighted by Gasteiger charge is -2.33. The Balaban J connectivity index is 1.73. The Bertz CT molecular complexity index is 521. The first-order valence-corrected chi connectivity index (χ1v) is 7.90. The highest BCUT2D eigenvalue weighted by Gasteiger charge is 2.48. The lowest BCUT2D eigenvalue weighted by Crippen LogP contribution is -2.39. The molecule has 0 aromatic heterocycles. The molecule has 0 heterocycles. The van der Waals surface area contributed by atoms with Crippen LogP contribution in [0.3, 0.4) is 0 Å². The van der Waals surface area contributed by atoms with Crippen molar-refractivity contribution >= 4 is 5.91 Å². The van der Waals surface area contributed by atoms with Crippen molar-refractivity contribution < 1.29 is 9.18 Å². The van der Waals surface area contributed by atoms with Crippen LogP contribution in [-0.2, 0) is 4.79 Å². The summed E-state index contributed by atoms with van der Waals surface area (Å²) in [5.74, 6) is 1.72. The molecule has 0 saturated heterocycles. The van der Waals surface area contributed by atoms with Gasteiger partial charge in [-0.05, 0) is 54.2 Å². The lowest BCUT2D eigenvalue weighted by atomic mass is 9.82. The van der Waals surface area contributed by atoms with Gasteiger partial charge >= 0.3 is 0 Å². The van der Waals surface area contributed by atoms with Gasteiger partial charge in [0, 0.05) is 5.92 Å². The van der Waals surface area contributed by atoms with E-state index in [1.807, 2.05) is 0 Å². The van der Waals surface area contributed by atoms with Crippen molar-refractivity contribution in [1.82, 2.24) is 5.32 Å². The van der Waals surface area contributed by atoms with E-state index in [0.29, 0.717) is 0 Å². The van der Waals surface area contributed by atoms with Crippen LogP contribution in [0.4, 0.5) is 4.39 Å². The summed E-state index contributed by atoms with van der Waals surface area (Å²) in [6.07, 6.45) is 3.43. The topological polar surface area (TPSA) is 29.1 Å². The molecule has 1 aromatic rings. The largest absolute Gasteiger partial charge is 0.349 e. The highest BCUT2D eigenvalue weighted by atomic mass is 19.1. The number of carbonyl (C=O) groups is 1. The van der Waals surface area contributed by atoms with Gasteiger partial charge in [-0.2, -0.15) is 0 Å². The molecule has 114 valence electrons. The zero-order chi connectivity index (χ0) is 15.2. The van der Waals surface area contributed by atoms with Crippen LogP contribution < -0.4 is 5.32 Å². The molecule has 1 aromatic carbocycles. The van der Waals surface area contributed by atoms with Crippen molar-refractivity contribution in [3.05, 3.63) is 35.6 Å². The fourth-order valence-electron chi connectivity index (χ4n) is 3.64. The smallest absolute Gasteiger partial charge is 0.223 e. The first-order valence-electron chi connectivity index (χ1n) is 7.90. The number of nitrogens with one attached hydrogen (secondary N) is 1. The van der Waals surface area contributed by atoms with Gasteiger partial charge in [0.15, 0.2) is 0 Å². The number of rotatable bonds is 3. The molecule has 2 nitrogen and oxygen atoms in total. The molecule has 2 aliphatic carbocycles. The molecular weight excluding hydrogens is 265 g/mol. The molecule has 0 bridgehead atoms. The Labute approximate surface area is 126 Å². The molecule has 2 aliphatic rings. The molecule has 3 heteroatoms. The van der Waals surface area contributed by atoms with E-state index in [2.05, 4.69) is 26.1 Å². The van der Waals surface area contributed by atoms with Gasteiger partial charge in [0.05, 0.1) is 6.04 Å². The van der Waals surface area contributed by atoms with E-state index in [9.17, 15) is 9.18 Å². The molecule has 3 atom stereocenters. The van der Waals surface area contributed by atoms with Crippen molar-refractivity contribution in [3.8, 4) is 0 Å². The average molecular weight is 289 g/mol. The van der Waals surface area contributed by atoms with E-state index in [0.717, 1.165) is 30.2 Å². The van der Waals surface area contributed by atoms with E-state index in [1.54, 1.807) is 12.1 Å². The number of carbonyl (C=O) groups excluding carboxylic acids is 1. The van der Waals surface area contributed by atoms with Gasteiger partial charge in [-0.15, -0.1) is 0 Å². The highest BCUT2D eigenvalue weighted by Crippen LogP contribution is 2.54. The standard InChI is InChI=1S/C18H24FNO/c1-18(2,3)16(11-4-6-15(19)7-5-11)20-17(21)14-9-12-8-13(12)10-14/h4-7,12-14,16H,8-10H2,1-3H3,(H,20,21). The summed E-state index contributed by atoms with van der Waals surface area (Å²) in [4.78, 5) is 12.5. The number of hydrogen-bond acceptors (Lipinski definition) is 1. The molecule has 2 saturated carbocycles. The summed E-state index contributed by atoms with van der Waals surface area (Å²) < 4.78 is 13.1. The van der Waals surface area contributed by atoms with Crippen LogP contribution >= 0.6 is 0 Å². The summed E-state index contributed by atoms with van der Waals surface area (Å²) in [6, 6.07) is 6.40. The van der Waals surface area contributed by atoms with Crippen molar-refractivity contribution in [3.63, 3.8) is 0 Å². The van der Waals surface area contributed by atoms with Gasteiger partial charge in [-0.3, -0.25) is 4.79 Å². The molecule has 2 fully saturated rings. The third kappa shape index (κ3) is 3.12. The molecular formula is C18H24FNO. The van der Waals surface area contributed by atoms with Crippen LogP contribution in [-0.4, -0.2) is 5.91 Å². The highest BCUT2D eigenvalue weighted by molar-refractivity contribution is 5.79. The van der Waals surface area contributed by atoms with E-state index < -0.39 is 0 Å². The fourth-order valence-corrected chi connectivity index (χ4v) is 3.64. The second kappa shape index (κ2) is 5.11. The molecule has 3 rings (SSSR count). The van der Waals surface area contributed by atoms with Gasteiger partial charge in [0.1, 0.15) is 5.82 Å². The van der Waals surface area contributed by atoms with E-state index in [1.165, 1.54) is 18.6 Å². The first kappa shape index (κ1) is 14.6. The minimum atomic E-state index is -0.242. The van der Waals surface area contributed by atoms with Crippen LogP contribution in [0.2, 0.25) is 0 Å². The van der Waals surface area contributed by atoms with E-state index in [4.69, 9.17) is 0 Å². The van der Waals surface area contributed by atoms with Gasteiger partial charge in [-0.1, -0.05) is 32.9 Å². The SMILES string of the molecule is CC(C)(C)C(NC(=O)C1CC2CC2C1)c1ccc(F)cc1. The third-order valence-electron chi connectivity index (χ3n) is 4.97. The van der Waals surface area contributed by atoms with Gasteiger partial charge in [-0.25, -0.2) is 4.39 Å². The van der Waals surface area contributed by atoms with Crippen molar-refractivity contribution in [1.29, 1.82) is 0 Å². The third-order valence-corrected chi connectivity index (χ3v) is 4.97. The average Bonchev–Trinajstić information content (AvgIpc) is 3.02. The van der Waals surface area contributed by atoms with Crippen LogP contribution in [0.5, 0.6) is 0 Å². The number of amides is 1. The monoisotopic (exact) mass is 289 g/mol. The zero-order valence-corrected chi connectivity index (χ0v) is 13.0. The fraction of sp³-hybridized carbons (Fsp3) is 0.611. The number of fused-ring (bicyclic) bond motifs is 1. The number of hydrogen-bond donors (Lipinski definition) is 1. The summed E-state index contributed by atoms with van der Waals surface area (Å²) >= 11 is 0. The maximum Gasteiger partial charge on any atom is 0.223 e. The van der Waals surface area contributed by atoms with Gasteiger partial charge in [0.2, 0.25) is 5.91 Å². The molecule has 0 spiro atoms. The Morgan fingerprint density at radius 2 is 1.71 bits per heavy atom. The summed E-state index contributed by atoms with van der Waals surface area (Å²) in [5, 5.41) is 3.21. The van der Waals surface area contributed by atoms with Crippen LogP contribution in [0, 0.1) is 29.0 Å². The van der Waals surface area contributed by atoms with Crippen LogP contribution in [0.1, 0.15) is 51.6 Å². The maximum absolute atomic E-state index is 13.1. The minimum absolute atomic E-state index is 0.0810. The number of halogens is 1. The Morgan fingerprint density at radius 3 is 2.24 bits per heavy atom. The van der Waals surface area contributed by atoms with Crippen molar-refractivity contribution in [2.24, 2.45) is 23.2 Å². The Morgan fingerprint density at radius 1 is 1.14 bits per heavy atom. The molecule has 21 heavy (non-hydrogen) atoms.